The molecule has 0 saturated heterocycles. The van der Waals surface area contributed by atoms with Crippen molar-refractivity contribution in [2.24, 2.45) is 11.3 Å². The van der Waals surface area contributed by atoms with Gasteiger partial charge in [0.2, 0.25) is 5.95 Å². The van der Waals surface area contributed by atoms with Gasteiger partial charge in [0.1, 0.15) is 5.75 Å². The van der Waals surface area contributed by atoms with Crippen LogP contribution in [0, 0.1) is 11.3 Å². The number of carbonyl (C=O) groups is 1. The highest BCUT2D eigenvalue weighted by molar-refractivity contribution is 5.77. The van der Waals surface area contributed by atoms with Crippen LogP contribution in [0.3, 0.4) is 0 Å². The molecule has 0 radical (unpaired) electrons. The minimum Gasteiger partial charge on any atom is -0.481 e. The van der Waals surface area contributed by atoms with Crippen LogP contribution in [0.1, 0.15) is 58.2 Å². The lowest BCUT2D eigenvalue weighted by Crippen LogP contribution is -2.29. The van der Waals surface area contributed by atoms with Crippen molar-refractivity contribution >= 4 is 28.8 Å². The number of carboxylic acids is 1. The van der Waals surface area contributed by atoms with Gasteiger partial charge in [-0.15, -0.1) is 13.2 Å². The second kappa shape index (κ2) is 9.39. The van der Waals surface area contributed by atoms with E-state index in [2.05, 4.69) is 40.4 Å². The van der Waals surface area contributed by atoms with Crippen LogP contribution in [0.15, 0.2) is 36.4 Å². The van der Waals surface area contributed by atoms with Gasteiger partial charge in [-0.2, -0.15) is 4.98 Å². The highest BCUT2D eigenvalue weighted by atomic mass is 19.4. The summed E-state index contributed by atoms with van der Waals surface area (Å²) < 4.78 is 43.6. The molecule has 2 heterocycles. The third-order valence-electron chi connectivity index (χ3n) is 6.28. The Morgan fingerprint density at radius 2 is 1.89 bits per heavy atom. The van der Waals surface area contributed by atoms with Crippen LogP contribution in [-0.2, 0) is 11.2 Å². The van der Waals surface area contributed by atoms with E-state index in [1.54, 1.807) is 0 Å². The number of nitrogens with zero attached hydrogens (tertiary/aromatic N) is 3. The Kier molecular flexibility index (Phi) is 6.66. The highest BCUT2D eigenvalue weighted by Gasteiger charge is 2.35. The molecule has 1 aliphatic rings. The lowest BCUT2D eigenvalue weighted by atomic mass is 9.70. The number of fused-ring (bicyclic) bond motifs is 1. The minimum absolute atomic E-state index is 0.0228. The minimum atomic E-state index is -4.75. The summed E-state index contributed by atoms with van der Waals surface area (Å²) in [6, 6.07) is 9.40. The number of carboxylic acid groups (broad SMARTS) is 1. The number of benzene rings is 1. The second-order valence-corrected chi connectivity index (χ2v) is 10.1. The van der Waals surface area contributed by atoms with Gasteiger partial charge in [-0.25, -0.2) is 4.98 Å². The lowest BCUT2D eigenvalue weighted by molar-refractivity contribution is -0.274. The lowest BCUT2D eigenvalue weighted by Gasteiger charge is -2.40. The van der Waals surface area contributed by atoms with E-state index in [0.29, 0.717) is 35.3 Å². The Morgan fingerprint density at radius 3 is 2.51 bits per heavy atom. The molecule has 35 heavy (non-hydrogen) atoms. The fourth-order valence-corrected chi connectivity index (χ4v) is 5.21. The van der Waals surface area contributed by atoms with E-state index in [9.17, 15) is 18.0 Å². The van der Waals surface area contributed by atoms with Crippen LogP contribution >= 0.6 is 0 Å². The van der Waals surface area contributed by atoms with Gasteiger partial charge in [-0.3, -0.25) is 4.79 Å². The fraction of sp³-hybridized carbons (Fsp3) is 0.480. The maximum absolute atomic E-state index is 12.5. The Bertz CT molecular complexity index is 1210. The van der Waals surface area contributed by atoms with Gasteiger partial charge >= 0.3 is 12.3 Å². The molecule has 2 atom stereocenters. The zero-order valence-corrected chi connectivity index (χ0v) is 19.9. The molecular weight excluding hydrogens is 461 g/mol. The smallest absolute Gasteiger partial charge is 0.481 e. The summed E-state index contributed by atoms with van der Waals surface area (Å²) in [6.07, 6.45) is -1.45. The topological polar surface area (TPSA) is 89.3 Å². The molecule has 0 amide bonds. The molecular formula is C25H29F3N4O3. The first-order valence-corrected chi connectivity index (χ1v) is 11.6. The molecule has 2 N–H and O–H groups in total. The Balaban J connectivity index is 1.70. The fourth-order valence-electron chi connectivity index (χ4n) is 5.21. The van der Waals surface area contributed by atoms with Crippen molar-refractivity contribution in [3.8, 4) is 5.75 Å². The predicted molar refractivity (Wildman–Crippen MR) is 126 cm³/mol. The number of hydrogen-bond donors (Lipinski definition) is 2. The number of imidazole rings is 1. The van der Waals surface area contributed by atoms with Gasteiger partial charge < -0.3 is 19.7 Å². The number of aromatic nitrogens is 3. The van der Waals surface area contributed by atoms with E-state index in [0.717, 1.165) is 24.8 Å². The zero-order chi connectivity index (χ0) is 25.4. The molecule has 0 aliphatic heterocycles. The van der Waals surface area contributed by atoms with Crippen LogP contribution in [-0.4, -0.2) is 32.0 Å². The largest absolute Gasteiger partial charge is 0.573 e. The van der Waals surface area contributed by atoms with Gasteiger partial charge in [-0.1, -0.05) is 20.8 Å². The first-order chi connectivity index (χ1) is 16.4. The zero-order valence-electron chi connectivity index (χ0n) is 19.9. The van der Waals surface area contributed by atoms with E-state index in [1.807, 2.05) is 12.1 Å². The summed E-state index contributed by atoms with van der Waals surface area (Å²) in [5, 5.41) is 12.2. The van der Waals surface area contributed by atoms with E-state index in [1.165, 1.54) is 24.3 Å². The quantitative estimate of drug-likeness (QED) is 0.394. The van der Waals surface area contributed by atoms with E-state index in [4.69, 9.17) is 10.1 Å². The molecule has 2 aromatic heterocycles. The Labute approximate surface area is 201 Å². The van der Waals surface area contributed by atoms with Crippen molar-refractivity contribution in [1.29, 1.82) is 0 Å². The molecule has 10 heteroatoms. The number of pyridine rings is 1. The number of alkyl halides is 3. The molecule has 4 rings (SSSR count). The Morgan fingerprint density at radius 1 is 1.17 bits per heavy atom. The molecule has 7 nitrogen and oxygen atoms in total. The van der Waals surface area contributed by atoms with Gasteiger partial charge in [0.05, 0.1) is 11.9 Å². The van der Waals surface area contributed by atoms with E-state index in [-0.39, 0.29) is 23.6 Å². The van der Waals surface area contributed by atoms with Gasteiger partial charge in [0, 0.05) is 23.8 Å². The van der Waals surface area contributed by atoms with Crippen LogP contribution in [0.5, 0.6) is 5.75 Å². The number of halogens is 3. The molecule has 1 fully saturated rings. The number of ether oxygens (including phenoxy) is 1. The number of aryl methyl sites for hydroxylation is 1. The molecule has 1 aliphatic carbocycles. The first-order valence-electron chi connectivity index (χ1n) is 11.6. The number of anilines is 2. The maximum atomic E-state index is 12.5. The SMILES string of the molecule is C[C@H]1C[C@@H](n2c(Nc3ccc(OC(F)(F)F)cc3)nc3nc(CCC(=O)O)ccc32)CC(C)(C)C1. The first kappa shape index (κ1) is 24.8. The van der Waals surface area contributed by atoms with Crippen LogP contribution in [0.4, 0.5) is 24.8 Å². The number of hydrogen-bond acceptors (Lipinski definition) is 5. The summed E-state index contributed by atoms with van der Waals surface area (Å²) in [5.74, 6) is -0.141. The number of rotatable bonds is 7. The van der Waals surface area contributed by atoms with E-state index >= 15 is 0 Å². The summed E-state index contributed by atoms with van der Waals surface area (Å²) >= 11 is 0. The number of nitrogens with one attached hydrogen (secondary N) is 1. The van der Waals surface area contributed by atoms with Crippen molar-refractivity contribution in [3.63, 3.8) is 0 Å². The Hall–Kier alpha value is -3.30. The molecule has 1 saturated carbocycles. The molecule has 0 unspecified atom stereocenters. The molecule has 188 valence electrons. The number of aliphatic carboxylic acids is 1. The third-order valence-corrected chi connectivity index (χ3v) is 6.28. The van der Waals surface area contributed by atoms with Crippen LogP contribution in [0.25, 0.3) is 11.2 Å². The van der Waals surface area contributed by atoms with Crippen LogP contribution in [0.2, 0.25) is 0 Å². The highest BCUT2D eigenvalue weighted by Crippen LogP contribution is 2.46. The van der Waals surface area contributed by atoms with Crippen LogP contribution < -0.4 is 10.1 Å². The average Bonchev–Trinajstić information content (AvgIpc) is 3.08. The summed E-state index contributed by atoms with van der Waals surface area (Å²) in [5.41, 5.74) is 2.68. The monoisotopic (exact) mass is 490 g/mol. The molecule has 3 aromatic rings. The van der Waals surface area contributed by atoms with E-state index < -0.39 is 12.3 Å². The summed E-state index contributed by atoms with van der Waals surface area (Å²) in [4.78, 5) is 20.3. The van der Waals surface area contributed by atoms with Crippen molar-refractivity contribution in [3.05, 3.63) is 42.1 Å². The summed E-state index contributed by atoms with van der Waals surface area (Å²) in [7, 11) is 0. The molecule has 0 bridgehead atoms. The van der Waals surface area contributed by atoms with Crippen molar-refractivity contribution in [1.82, 2.24) is 14.5 Å². The average molecular weight is 491 g/mol. The molecule has 0 spiro atoms. The van der Waals surface area contributed by atoms with Crippen molar-refractivity contribution in [2.45, 2.75) is 65.3 Å². The second-order valence-electron chi connectivity index (χ2n) is 10.1. The predicted octanol–water partition coefficient (Wildman–Crippen LogP) is 6.48. The summed E-state index contributed by atoms with van der Waals surface area (Å²) in [6.45, 7) is 6.74. The standard InChI is InChI=1S/C25H29F3N4O3/c1-15-12-18(14-24(2,3)13-15)32-20-10-6-16(7-11-21(33)34)29-22(20)31-23(32)30-17-4-8-19(9-5-17)35-25(26,27)28/h4-6,8-10,15,18H,7,11-14H2,1-3H3,(H,33,34)(H,29,30,31)/t15-,18+/m0/s1. The third kappa shape index (κ3) is 6.23. The molecule has 1 aromatic carbocycles. The van der Waals surface area contributed by atoms with Gasteiger partial charge in [-0.05, 0) is 67.0 Å². The normalized spacial score (nSPS) is 20.1. The van der Waals surface area contributed by atoms with Gasteiger partial charge in [0.25, 0.3) is 0 Å². The van der Waals surface area contributed by atoms with Gasteiger partial charge in [0.15, 0.2) is 5.65 Å². The maximum Gasteiger partial charge on any atom is 0.573 e. The van der Waals surface area contributed by atoms with Crippen molar-refractivity contribution in [2.75, 3.05) is 5.32 Å². The van der Waals surface area contributed by atoms with Crippen molar-refractivity contribution < 1.29 is 27.8 Å².